The maximum Gasteiger partial charge on any atom is 0.326 e. The van der Waals surface area contributed by atoms with Crippen LogP contribution in [0.15, 0.2) is 30.3 Å². The number of rotatable bonds is 24. The number of nitrogens with one attached hydrogen (secondary N) is 3. The fourth-order valence-corrected chi connectivity index (χ4v) is 7.54. The quantitative estimate of drug-likeness (QED) is 0.0763. The van der Waals surface area contributed by atoms with Crippen LogP contribution in [-0.4, -0.2) is 128 Å². The molecule has 2 rings (SSSR count). The van der Waals surface area contributed by atoms with E-state index < -0.39 is 60.2 Å². The molecule has 1 unspecified atom stereocenters. The highest BCUT2D eigenvalue weighted by molar-refractivity contribution is 5.90. The van der Waals surface area contributed by atoms with Crippen LogP contribution in [0.5, 0.6) is 0 Å². The van der Waals surface area contributed by atoms with E-state index in [1.54, 1.807) is 23.8 Å². The van der Waals surface area contributed by atoms with Crippen LogP contribution in [0.1, 0.15) is 79.7 Å². The SMILES string of the molecule is CC[C@H](C)[C@@H]([C@@H](CC(=O)N1CCC[C@H]1[C@H](OC)[C@@H](C)C(=O)N[C@@H](Cc1ccccc1)C(=O)O)OC)N(C)C(=O)C(NC(=O)[C@@H](NCCON)C(C)C)C(C)C. The van der Waals surface area contributed by atoms with Crippen molar-refractivity contribution < 1.29 is 43.4 Å². The first-order valence-corrected chi connectivity index (χ1v) is 19.6. The molecule has 0 aromatic heterocycles. The average Bonchev–Trinajstić information content (AvgIpc) is 3.64. The lowest BCUT2D eigenvalue weighted by Crippen LogP contribution is -2.60. The Hall–Kier alpha value is -3.63. The summed E-state index contributed by atoms with van der Waals surface area (Å²) in [5.41, 5.74) is 0.779. The number of methoxy groups -OCH3 is 2. The van der Waals surface area contributed by atoms with Gasteiger partial charge in [0.2, 0.25) is 23.6 Å². The fourth-order valence-electron chi connectivity index (χ4n) is 7.54. The normalized spacial score (nSPS) is 18.9. The highest BCUT2D eigenvalue weighted by atomic mass is 16.6. The largest absolute Gasteiger partial charge is 0.480 e. The summed E-state index contributed by atoms with van der Waals surface area (Å²) in [5, 5.41) is 18.7. The Balaban J connectivity index is 2.26. The van der Waals surface area contributed by atoms with Gasteiger partial charge in [0.05, 0.1) is 49.3 Å². The van der Waals surface area contributed by atoms with Gasteiger partial charge in [0.15, 0.2) is 0 Å². The molecule has 0 saturated carbocycles. The van der Waals surface area contributed by atoms with Crippen molar-refractivity contribution in [2.75, 3.05) is 41.0 Å². The van der Waals surface area contributed by atoms with Crippen molar-refractivity contribution in [3.8, 4) is 0 Å². The van der Waals surface area contributed by atoms with Gasteiger partial charge in [0.1, 0.15) is 12.1 Å². The van der Waals surface area contributed by atoms with Gasteiger partial charge in [-0.2, -0.15) is 0 Å². The summed E-state index contributed by atoms with van der Waals surface area (Å²) < 4.78 is 11.9. The van der Waals surface area contributed by atoms with Gasteiger partial charge in [-0.15, -0.1) is 0 Å². The maximum absolute atomic E-state index is 14.2. The first kappa shape index (κ1) is 47.5. The molecule has 0 bridgehead atoms. The Labute approximate surface area is 327 Å². The monoisotopic (exact) mass is 777 g/mol. The van der Waals surface area contributed by atoms with Crippen LogP contribution in [0.3, 0.4) is 0 Å². The number of hydrogen-bond acceptors (Lipinski definition) is 10. The maximum atomic E-state index is 14.2. The van der Waals surface area contributed by atoms with Crippen molar-refractivity contribution in [1.82, 2.24) is 25.8 Å². The van der Waals surface area contributed by atoms with Gasteiger partial charge in [-0.3, -0.25) is 19.2 Å². The van der Waals surface area contributed by atoms with E-state index in [1.807, 2.05) is 71.9 Å². The van der Waals surface area contributed by atoms with Crippen LogP contribution in [0, 0.1) is 23.7 Å². The summed E-state index contributed by atoms with van der Waals surface area (Å²) >= 11 is 0. The van der Waals surface area contributed by atoms with Gasteiger partial charge in [-0.05, 0) is 36.2 Å². The lowest BCUT2D eigenvalue weighted by atomic mass is 9.89. The number of amides is 4. The highest BCUT2D eigenvalue weighted by Gasteiger charge is 2.43. The van der Waals surface area contributed by atoms with Crippen molar-refractivity contribution in [2.45, 2.75) is 123 Å². The third-order valence-electron chi connectivity index (χ3n) is 10.9. The Morgan fingerprint density at radius 3 is 2.11 bits per heavy atom. The number of carboxylic acids is 1. The van der Waals surface area contributed by atoms with Crippen LogP contribution in [-0.2, 0) is 44.7 Å². The van der Waals surface area contributed by atoms with E-state index in [4.69, 9.17) is 15.4 Å². The number of benzene rings is 1. The summed E-state index contributed by atoms with van der Waals surface area (Å²) in [5.74, 6) is 1.59. The number of hydrogen-bond donors (Lipinski definition) is 5. The fraction of sp³-hybridized carbons (Fsp3) is 0.725. The molecule has 1 fully saturated rings. The number of likely N-dealkylation sites (tertiary alicyclic amines) is 1. The summed E-state index contributed by atoms with van der Waals surface area (Å²) in [6.45, 7) is 14.3. The summed E-state index contributed by atoms with van der Waals surface area (Å²) in [7, 11) is 4.71. The minimum atomic E-state index is -1.14. The lowest BCUT2D eigenvalue weighted by molar-refractivity contribution is -0.148. The molecular weight excluding hydrogens is 708 g/mol. The number of ether oxygens (including phenoxy) is 2. The standard InChI is InChI=1S/C40H68N6O9/c1-11-26(6)35(45(8)39(50)34(25(4)5)44-38(49)33(24(2)3)42-19-21-55-41)31(53-9)23-32(47)46-20-15-18-30(46)36(54-10)27(7)37(48)43-29(40(51)52)22-28-16-13-12-14-17-28/h12-14,16-17,24-27,29-31,33-36,42H,11,15,18-23,41H2,1-10H3,(H,43,48)(H,44,49)(H,51,52)/t26-,27+,29-,30-,31+,33-,34?,35-,36+/m0/s1. The zero-order valence-corrected chi connectivity index (χ0v) is 34.6. The van der Waals surface area contributed by atoms with Crippen molar-refractivity contribution in [3.05, 3.63) is 35.9 Å². The Kier molecular flexibility index (Phi) is 20.3. The molecule has 0 aliphatic carbocycles. The van der Waals surface area contributed by atoms with E-state index in [0.29, 0.717) is 32.4 Å². The van der Waals surface area contributed by atoms with E-state index in [0.717, 1.165) is 5.56 Å². The number of aliphatic carboxylic acids is 1. The molecule has 1 aliphatic rings. The second-order valence-electron chi connectivity index (χ2n) is 15.5. The van der Waals surface area contributed by atoms with Gasteiger partial charge in [-0.25, -0.2) is 10.7 Å². The first-order chi connectivity index (χ1) is 26.0. The molecule has 15 heteroatoms. The smallest absolute Gasteiger partial charge is 0.326 e. The molecule has 1 saturated heterocycles. The Morgan fingerprint density at radius 2 is 1.58 bits per heavy atom. The van der Waals surface area contributed by atoms with Crippen molar-refractivity contribution in [1.29, 1.82) is 0 Å². The molecule has 1 heterocycles. The van der Waals surface area contributed by atoms with Gasteiger partial charge in [0.25, 0.3) is 0 Å². The number of likely N-dealkylation sites (N-methyl/N-ethyl adjacent to an activating group) is 1. The second kappa shape index (κ2) is 23.4. The molecular formula is C40H68N6O9. The number of nitrogens with two attached hydrogens (primary N) is 1. The molecule has 0 radical (unpaired) electrons. The van der Waals surface area contributed by atoms with Gasteiger partial charge in [-0.1, -0.05) is 85.2 Å². The van der Waals surface area contributed by atoms with Gasteiger partial charge < -0.3 is 45.2 Å². The third kappa shape index (κ3) is 13.5. The molecule has 1 aliphatic heterocycles. The third-order valence-corrected chi connectivity index (χ3v) is 10.9. The minimum Gasteiger partial charge on any atom is -0.480 e. The van der Waals surface area contributed by atoms with Crippen LogP contribution in [0.4, 0.5) is 0 Å². The van der Waals surface area contributed by atoms with Crippen molar-refractivity contribution >= 4 is 29.6 Å². The molecule has 4 amide bonds. The average molecular weight is 777 g/mol. The molecule has 6 N–H and O–H groups in total. The number of carboxylic acid groups (broad SMARTS) is 1. The lowest BCUT2D eigenvalue weighted by Gasteiger charge is -2.41. The molecule has 55 heavy (non-hydrogen) atoms. The zero-order chi connectivity index (χ0) is 41.4. The Morgan fingerprint density at radius 1 is 0.945 bits per heavy atom. The molecule has 9 atom stereocenters. The molecule has 1 aromatic rings. The van der Waals surface area contributed by atoms with E-state index in [-0.39, 0.29) is 54.9 Å². The predicted molar refractivity (Wildman–Crippen MR) is 209 cm³/mol. The van der Waals surface area contributed by atoms with Gasteiger partial charge in [0, 0.05) is 40.8 Å². The zero-order valence-electron chi connectivity index (χ0n) is 34.6. The van der Waals surface area contributed by atoms with Crippen LogP contribution < -0.4 is 21.8 Å². The topological polar surface area (TPSA) is 202 Å². The molecule has 15 nitrogen and oxygen atoms in total. The molecule has 0 spiro atoms. The second-order valence-corrected chi connectivity index (χ2v) is 15.5. The number of carbonyl (C=O) groups is 5. The van der Waals surface area contributed by atoms with Crippen molar-refractivity contribution in [2.24, 2.45) is 29.6 Å². The minimum absolute atomic E-state index is 0.0317. The predicted octanol–water partition coefficient (Wildman–Crippen LogP) is 2.36. The van der Waals surface area contributed by atoms with Crippen LogP contribution in [0.2, 0.25) is 0 Å². The highest BCUT2D eigenvalue weighted by Crippen LogP contribution is 2.30. The molecule has 1 aromatic carbocycles. The van der Waals surface area contributed by atoms with E-state index >= 15 is 0 Å². The number of carbonyl (C=O) groups excluding carboxylic acids is 4. The Bertz CT molecular complexity index is 1370. The summed E-state index contributed by atoms with van der Waals surface area (Å²) in [4.78, 5) is 75.5. The summed E-state index contributed by atoms with van der Waals surface area (Å²) in [6, 6.07) is 5.59. The van der Waals surface area contributed by atoms with E-state index in [2.05, 4.69) is 20.8 Å². The number of nitrogens with zero attached hydrogens (tertiary/aromatic N) is 2. The van der Waals surface area contributed by atoms with E-state index in [9.17, 15) is 29.1 Å². The van der Waals surface area contributed by atoms with Gasteiger partial charge >= 0.3 is 5.97 Å². The first-order valence-electron chi connectivity index (χ1n) is 19.6. The molecule has 312 valence electrons. The van der Waals surface area contributed by atoms with E-state index in [1.165, 1.54) is 14.2 Å². The summed E-state index contributed by atoms with van der Waals surface area (Å²) in [6.07, 6.45) is 0.704. The van der Waals surface area contributed by atoms with Crippen LogP contribution >= 0.6 is 0 Å². The van der Waals surface area contributed by atoms with Crippen LogP contribution in [0.25, 0.3) is 0 Å². The van der Waals surface area contributed by atoms with Crippen molar-refractivity contribution in [3.63, 3.8) is 0 Å².